The number of nitrogens with zero attached hydrogens (tertiary/aromatic N) is 1. The van der Waals surface area contributed by atoms with Crippen molar-refractivity contribution < 1.29 is 9.66 Å². The molecule has 0 bridgehead atoms. The molecule has 104 valence electrons. The van der Waals surface area contributed by atoms with Gasteiger partial charge in [-0.25, -0.2) is 0 Å². The molecule has 0 aliphatic rings. The predicted octanol–water partition coefficient (Wildman–Crippen LogP) is 5.24. The minimum atomic E-state index is -0.493. The Labute approximate surface area is 133 Å². The summed E-state index contributed by atoms with van der Waals surface area (Å²) in [5.41, 5.74) is 0.346. The van der Waals surface area contributed by atoms with E-state index in [1.165, 1.54) is 6.07 Å². The topological polar surface area (TPSA) is 52.4 Å². The summed E-state index contributed by atoms with van der Waals surface area (Å²) in [6, 6.07) is 9.59. The quantitative estimate of drug-likeness (QED) is 0.541. The lowest BCUT2D eigenvalue weighted by molar-refractivity contribution is -0.385. The number of rotatable bonds is 4. The minimum absolute atomic E-state index is 0.0314. The summed E-state index contributed by atoms with van der Waals surface area (Å²) in [6.07, 6.45) is 0. The van der Waals surface area contributed by atoms with E-state index in [1.807, 2.05) is 0 Å². The van der Waals surface area contributed by atoms with Crippen molar-refractivity contribution in [2.45, 2.75) is 6.61 Å². The van der Waals surface area contributed by atoms with E-state index < -0.39 is 4.92 Å². The zero-order chi connectivity index (χ0) is 14.7. The van der Waals surface area contributed by atoms with Gasteiger partial charge in [0.1, 0.15) is 12.4 Å². The number of benzene rings is 2. The van der Waals surface area contributed by atoms with Gasteiger partial charge in [-0.3, -0.25) is 10.1 Å². The van der Waals surface area contributed by atoms with Crippen LogP contribution in [-0.2, 0) is 6.61 Å². The molecule has 2 aromatic rings. The highest BCUT2D eigenvalue weighted by molar-refractivity contribution is 9.10. The second-order valence-corrected chi connectivity index (χ2v) is 5.65. The highest BCUT2D eigenvalue weighted by atomic mass is 79.9. The lowest BCUT2D eigenvalue weighted by Gasteiger charge is -2.09. The Morgan fingerprint density at radius 3 is 2.65 bits per heavy atom. The highest BCUT2D eigenvalue weighted by Crippen LogP contribution is 2.30. The summed E-state index contributed by atoms with van der Waals surface area (Å²) in [5.74, 6) is 0.449. The third-order valence-electron chi connectivity index (χ3n) is 2.52. The van der Waals surface area contributed by atoms with E-state index in [4.69, 9.17) is 27.9 Å². The van der Waals surface area contributed by atoms with E-state index in [9.17, 15) is 10.1 Å². The smallest absolute Gasteiger partial charge is 0.277 e. The molecule has 4 nitrogen and oxygen atoms in total. The van der Waals surface area contributed by atoms with Gasteiger partial charge in [-0.1, -0.05) is 39.1 Å². The standard InChI is InChI=1S/C13H8BrCl2NO3/c14-9-2-4-11(16)13(5-9)20-7-8-1-3-10(15)6-12(8)17(18)19/h1-6H,7H2. The van der Waals surface area contributed by atoms with Gasteiger partial charge < -0.3 is 4.74 Å². The fourth-order valence-corrected chi connectivity index (χ4v) is 2.25. The summed E-state index contributed by atoms with van der Waals surface area (Å²) in [7, 11) is 0. The molecule has 0 aromatic heterocycles. The summed E-state index contributed by atoms with van der Waals surface area (Å²) >= 11 is 15.0. The molecule has 0 aliphatic carbocycles. The average Bonchev–Trinajstić information content (AvgIpc) is 2.40. The normalized spacial score (nSPS) is 10.3. The molecule has 7 heteroatoms. The van der Waals surface area contributed by atoms with Crippen LogP contribution >= 0.6 is 39.1 Å². The summed E-state index contributed by atoms with van der Waals surface area (Å²) in [6.45, 7) is 0.0314. The van der Waals surface area contributed by atoms with Crippen molar-refractivity contribution in [3.8, 4) is 5.75 Å². The molecule has 20 heavy (non-hydrogen) atoms. The Bertz CT molecular complexity index is 664. The lowest BCUT2D eigenvalue weighted by atomic mass is 10.2. The highest BCUT2D eigenvalue weighted by Gasteiger charge is 2.15. The van der Waals surface area contributed by atoms with Gasteiger partial charge in [-0.15, -0.1) is 0 Å². The number of hydrogen-bond donors (Lipinski definition) is 0. The fraction of sp³-hybridized carbons (Fsp3) is 0.0769. The number of hydrogen-bond acceptors (Lipinski definition) is 3. The van der Waals surface area contributed by atoms with E-state index >= 15 is 0 Å². The maximum absolute atomic E-state index is 11.0. The molecule has 0 saturated carbocycles. The van der Waals surface area contributed by atoms with Gasteiger partial charge in [0.05, 0.1) is 15.5 Å². The second-order valence-electron chi connectivity index (χ2n) is 3.89. The lowest BCUT2D eigenvalue weighted by Crippen LogP contribution is -2.01. The molecule has 0 fully saturated rings. The van der Waals surface area contributed by atoms with E-state index in [-0.39, 0.29) is 12.3 Å². The summed E-state index contributed by atoms with van der Waals surface area (Å²) in [4.78, 5) is 10.5. The molecule has 0 unspecified atom stereocenters. The maximum Gasteiger partial charge on any atom is 0.277 e. The van der Waals surface area contributed by atoms with Crippen molar-refractivity contribution in [2.75, 3.05) is 0 Å². The molecule has 2 rings (SSSR count). The number of halogens is 3. The van der Waals surface area contributed by atoms with Crippen molar-refractivity contribution >= 4 is 44.8 Å². The Hall–Kier alpha value is -1.30. The predicted molar refractivity (Wildman–Crippen MR) is 81.6 cm³/mol. The van der Waals surface area contributed by atoms with Crippen LogP contribution in [0.5, 0.6) is 5.75 Å². The third-order valence-corrected chi connectivity index (χ3v) is 3.56. The fourth-order valence-electron chi connectivity index (χ4n) is 1.57. The van der Waals surface area contributed by atoms with E-state index in [0.29, 0.717) is 21.4 Å². The van der Waals surface area contributed by atoms with Gasteiger partial charge >= 0.3 is 0 Å². The molecule has 0 saturated heterocycles. The van der Waals surface area contributed by atoms with Crippen LogP contribution in [0.15, 0.2) is 40.9 Å². The Kier molecular flexibility index (Phi) is 4.86. The molecule has 0 atom stereocenters. The molecule has 0 heterocycles. The van der Waals surface area contributed by atoms with Crippen LogP contribution < -0.4 is 4.74 Å². The zero-order valence-corrected chi connectivity index (χ0v) is 13.1. The summed E-state index contributed by atoms with van der Waals surface area (Å²) in [5, 5.41) is 11.7. The van der Waals surface area contributed by atoms with Crippen molar-refractivity contribution in [3.05, 3.63) is 66.6 Å². The first-order valence-electron chi connectivity index (χ1n) is 5.48. The monoisotopic (exact) mass is 375 g/mol. The first-order chi connectivity index (χ1) is 9.47. The van der Waals surface area contributed by atoms with Crippen LogP contribution in [0.25, 0.3) is 0 Å². The Morgan fingerprint density at radius 1 is 1.20 bits per heavy atom. The van der Waals surface area contributed by atoms with E-state index in [0.717, 1.165) is 4.47 Å². The SMILES string of the molecule is O=[N+]([O-])c1cc(Cl)ccc1COc1cc(Br)ccc1Cl. The molecule has 0 amide bonds. The van der Waals surface area contributed by atoms with Crippen LogP contribution in [0.4, 0.5) is 5.69 Å². The van der Waals surface area contributed by atoms with Crippen LogP contribution in [0.3, 0.4) is 0 Å². The summed E-state index contributed by atoms with van der Waals surface area (Å²) < 4.78 is 6.33. The Morgan fingerprint density at radius 2 is 1.95 bits per heavy atom. The first kappa shape index (κ1) is 15.1. The van der Waals surface area contributed by atoms with Gasteiger partial charge in [-0.05, 0) is 30.3 Å². The average molecular weight is 377 g/mol. The van der Waals surface area contributed by atoms with E-state index in [1.54, 1.807) is 30.3 Å². The molecular weight excluding hydrogens is 369 g/mol. The second kappa shape index (κ2) is 6.43. The van der Waals surface area contributed by atoms with Gasteiger partial charge in [0.25, 0.3) is 5.69 Å². The maximum atomic E-state index is 11.0. The van der Waals surface area contributed by atoms with E-state index in [2.05, 4.69) is 15.9 Å². The third kappa shape index (κ3) is 3.62. The van der Waals surface area contributed by atoms with Crippen molar-refractivity contribution in [2.24, 2.45) is 0 Å². The van der Waals surface area contributed by atoms with Crippen molar-refractivity contribution in [1.82, 2.24) is 0 Å². The van der Waals surface area contributed by atoms with Crippen molar-refractivity contribution in [3.63, 3.8) is 0 Å². The largest absolute Gasteiger partial charge is 0.487 e. The van der Waals surface area contributed by atoms with Gasteiger partial charge in [0.2, 0.25) is 0 Å². The van der Waals surface area contributed by atoms with Gasteiger partial charge in [-0.2, -0.15) is 0 Å². The molecule has 0 N–H and O–H groups in total. The molecule has 0 radical (unpaired) electrons. The minimum Gasteiger partial charge on any atom is -0.487 e. The number of nitro groups is 1. The van der Waals surface area contributed by atoms with Crippen LogP contribution in [0.2, 0.25) is 10.0 Å². The first-order valence-corrected chi connectivity index (χ1v) is 7.03. The van der Waals surface area contributed by atoms with Gasteiger partial charge in [0.15, 0.2) is 0 Å². The number of ether oxygens (including phenoxy) is 1. The molecular formula is C13H8BrCl2NO3. The molecule has 0 spiro atoms. The molecule has 2 aromatic carbocycles. The zero-order valence-electron chi connectivity index (χ0n) is 9.98. The molecule has 0 aliphatic heterocycles. The van der Waals surface area contributed by atoms with Crippen LogP contribution in [-0.4, -0.2) is 4.92 Å². The van der Waals surface area contributed by atoms with Crippen LogP contribution in [0.1, 0.15) is 5.56 Å². The Balaban J connectivity index is 2.23. The van der Waals surface area contributed by atoms with Gasteiger partial charge in [0, 0.05) is 15.6 Å². The van der Waals surface area contributed by atoms with Crippen molar-refractivity contribution in [1.29, 1.82) is 0 Å². The number of nitro benzene ring substituents is 1. The van der Waals surface area contributed by atoms with Crippen LogP contribution in [0, 0.1) is 10.1 Å².